The zero-order valence-corrected chi connectivity index (χ0v) is 20.8. The first-order valence-corrected chi connectivity index (χ1v) is 12.0. The number of carbonyl (C=O) groups is 1. The molecule has 1 aliphatic heterocycles. The van der Waals surface area contributed by atoms with Crippen molar-refractivity contribution in [3.63, 3.8) is 0 Å². The van der Waals surface area contributed by atoms with Crippen LogP contribution in [0.5, 0.6) is 5.75 Å². The van der Waals surface area contributed by atoms with E-state index in [-0.39, 0.29) is 39.3 Å². The summed E-state index contributed by atoms with van der Waals surface area (Å²) in [4.78, 5) is 19.4. The molecule has 0 radical (unpaired) electrons. The van der Waals surface area contributed by atoms with Crippen LogP contribution in [0.15, 0.2) is 61.3 Å². The number of amides is 1. The standard InChI is InChI=1S/C26H22Cl2FN5O2/c1-14(2)22-12-30-23-6-7-24(32-34(22)23)33-13-18(11-21(33)15-4-3-5-17(29)8-15)31-26(36)19-9-16(27)10-20(28)25(19)35/h3-10,12,18,21,35H,1,11,13H2,2H3,(H,31,36)/t18-,21+/m0/s1. The molecule has 3 heterocycles. The van der Waals surface area contributed by atoms with Gasteiger partial charge in [0.2, 0.25) is 0 Å². The van der Waals surface area contributed by atoms with Gasteiger partial charge in [0.1, 0.15) is 17.4 Å². The second kappa shape index (κ2) is 9.44. The smallest absolute Gasteiger partial charge is 0.255 e. The fourth-order valence-electron chi connectivity index (χ4n) is 4.53. The van der Waals surface area contributed by atoms with Crippen molar-refractivity contribution < 1.29 is 14.3 Å². The van der Waals surface area contributed by atoms with E-state index in [9.17, 15) is 14.3 Å². The summed E-state index contributed by atoms with van der Waals surface area (Å²) in [5, 5.41) is 18.2. The largest absolute Gasteiger partial charge is 0.506 e. The fraction of sp³-hybridized carbons (Fsp3) is 0.192. The molecule has 2 aromatic carbocycles. The minimum Gasteiger partial charge on any atom is -0.506 e. The van der Waals surface area contributed by atoms with Gasteiger partial charge in [-0.2, -0.15) is 0 Å². The van der Waals surface area contributed by atoms with E-state index in [1.165, 1.54) is 24.3 Å². The molecule has 2 N–H and O–H groups in total. The normalized spacial score (nSPS) is 17.5. The molecule has 0 bridgehead atoms. The molecule has 0 saturated carbocycles. The SMILES string of the molecule is C=C(C)c1cnc2ccc(N3C[C@@H](NC(=O)c4cc(Cl)cc(Cl)c4O)C[C@@H]3c3cccc(F)c3)nn12. The molecular weight excluding hydrogens is 504 g/mol. The van der Waals surface area contributed by atoms with Crippen molar-refractivity contribution in [1.82, 2.24) is 19.9 Å². The van der Waals surface area contributed by atoms with E-state index in [1.807, 2.05) is 30.0 Å². The third-order valence-corrected chi connectivity index (χ3v) is 6.73. The number of halogens is 3. The van der Waals surface area contributed by atoms with E-state index >= 15 is 0 Å². The van der Waals surface area contributed by atoms with Crippen LogP contribution in [0.4, 0.5) is 10.2 Å². The van der Waals surface area contributed by atoms with Gasteiger partial charge in [-0.1, -0.05) is 41.9 Å². The third kappa shape index (κ3) is 4.50. The minimum atomic E-state index is -0.510. The molecule has 36 heavy (non-hydrogen) atoms. The first-order valence-electron chi connectivity index (χ1n) is 11.2. The summed E-state index contributed by atoms with van der Waals surface area (Å²) >= 11 is 12.0. The number of anilines is 1. The molecule has 7 nitrogen and oxygen atoms in total. The van der Waals surface area contributed by atoms with E-state index in [2.05, 4.69) is 16.9 Å². The molecule has 184 valence electrons. The van der Waals surface area contributed by atoms with Gasteiger partial charge in [0.25, 0.3) is 5.91 Å². The average Bonchev–Trinajstić information content (AvgIpc) is 3.45. The van der Waals surface area contributed by atoms with Crippen LogP contribution in [0.1, 0.15) is 41.0 Å². The van der Waals surface area contributed by atoms with Gasteiger partial charge >= 0.3 is 0 Å². The molecule has 1 fully saturated rings. The molecule has 4 aromatic rings. The summed E-state index contributed by atoms with van der Waals surface area (Å²) < 4.78 is 15.8. The van der Waals surface area contributed by atoms with Gasteiger partial charge in [0.05, 0.1) is 28.5 Å². The number of phenols is 1. The van der Waals surface area contributed by atoms with Gasteiger partial charge in [-0.05, 0) is 60.9 Å². The molecule has 10 heteroatoms. The van der Waals surface area contributed by atoms with Crippen LogP contribution in [0, 0.1) is 5.82 Å². The number of rotatable bonds is 5. The van der Waals surface area contributed by atoms with Gasteiger partial charge in [-0.3, -0.25) is 4.79 Å². The lowest BCUT2D eigenvalue weighted by Crippen LogP contribution is -2.37. The summed E-state index contributed by atoms with van der Waals surface area (Å²) in [5.41, 5.74) is 3.02. The third-order valence-electron chi connectivity index (χ3n) is 6.22. The zero-order chi connectivity index (χ0) is 25.6. The van der Waals surface area contributed by atoms with Crippen molar-refractivity contribution in [2.24, 2.45) is 0 Å². The van der Waals surface area contributed by atoms with Gasteiger partial charge < -0.3 is 15.3 Å². The molecular formula is C26H22Cl2FN5O2. The number of aromatic hydroxyl groups is 1. The molecule has 0 aliphatic carbocycles. The summed E-state index contributed by atoms with van der Waals surface area (Å²) in [6.07, 6.45) is 2.20. The van der Waals surface area contributed by atoms with Crippen LogP contribution in [0.3, 0.4) is 0 Å². The van der Waals surface area contributed by atoms with Gasteiger partial charge in [-0.15, -0.1) is 5.10 Å². The fourth-order valence-corrected chi connectivity index (χ4v) is 5.03. The Morgan fingerprint density at radius 3 is 2.78 bits per heavy atom. The van der Waals surface area contributed by atoms with Crippen LogP contribution in [0.25, 0.3) is 11.2 Å². The molecule has 1 amide bonds. The summed E-state index contributed by atoms with van der Waals surface area (Å²) in [7, 11) is 0. The Hall–Kier alpha value is -3.62. The highest BCUT2D eigenvalue weighted by Crippen LogP contribution is 2.37. The number of carbonyl (C=O) groups excluding carboxylic acids is 1. The number of nitrogens with zero attached hydrogens (tertiary/aromatic N) is 4. The number of phenolic OH excluding ortho intramolecular Hbond substituents is 1. The Labute approximate surface area is 216 Å². The lowest BCUT2D eigenvalue weighted by atomic mass is 10.0. The monoisotopic (exact) mass is 525 g/mol. The minimum absolute atomic E-state index is 0.00973. The van der Waals surface area contributed by atoms with E-state index < -0.39 is 5.91 Å². The van der Waals surface area contributed by atoms with E-state index in [0.29, 0.717) is 24.4 Å². The number of allylic oxidation sites excluding steroid dienone is 1. The topological polar surface area (TPSA) is 82.8 Å². The molecule has 0 unspecified atom stereocenters. The van der Waals surface area contributed by atoms with Crippen molar-refractivity contribution in [3.05, 3.63) is 94.0 Å². The van der Waals surface area contributed by atoms with E-state index in [0.717, 1.165) is 16.8 Å². The highest BCUT2D eigenvalue weighted by atomic mass is 35.5. The number of nitrogens with one attached hydrogen (secondary N) is 1. The maximum Gasteiger partial charge on any atom is 0.255 e. The second-order valence-electron chi connectivity index (χ2n) is 8.80. The molecule has 1 saturated heterocycles. The zero-order valence-electron chi connectivity index (χ0n) is 19.3. The molecule has 0 spiro atoms. The van der Waals surface area contributed by atoms with Crippen molar-refractivity contribution in [2.75, 3.05) is 11.4 Å². The maximum absolute atomic E-state index is 14.1. The Morgan fingerprint density at radius 1 is 1.22 bits per heavy atom. The van der Waals surface area contributed by atoms with Crippen molar-refractivity contribution in [2.45, 2.75) is 25.4 Å². The predicted octanol–water partition coefficient (Wildman–Crippen LogP) is 5.66. The Morgan fingerprint density at radius 2 is 2.03 bits per heavy atom. The van der Waals surface area contributed by atoms with Gasteiger partial charge in [0, 0.05) is 17.6 Å². The predicted molar refractivity (Wildman–Crippen MR) is 138 cm³/mol. The number of fused-ring (bicyclic) bond motifs is 1. The number of hydrogen-bond acceptors (Lipinski definition) is 5. The van der Waals surface area contributed by atoms with E-state index in [4.69, 9.17) is 28.3 Å². The lowest BCUT2D eigenvalue weighted by Gasteiger charge is -2.26. The van der Waals surface area contributed by atoms with Crippen molar-refractivity contribution in [1.29, 1.82) is 0 Å². The van der Waals surface area contributed by atoms with Crippen LogP contribution in [-0.2, 0) is 0 Å². The molecule has 1 aliphatic rings. The molecule has 2 aromatic heterocycles. The lowest BCUT2D eigenvalue weighted by molar-refractivity contribution is 0.0937. The van der Waals surface area contributed by atoms with Crippen molar-refractivity contribution >= 4 is 46.1 Å². The molecule has 5 rings (SSSR count). The quantitative estimate of drug-likeness (QED) is 0.351. The number of hydrogen-bond donors (Lipinski definition) is 2. The Bertz CT molecular complexity index is 1510. The maximum atomic E-state index is 14.1. The van der Waals surface area contributed by atoms with Crippen LogP contribution in [-0.4, -0.2) is 38.2 Å². The summed E-state index contributed by atoms with van der Waals surface area (Å²) in [6, 6.07) is 12.2. The van der Waals surface area contributed by atoms with Crippen LogP contribution in [0.2, 0.25) is 10.0 Å². The number of aromatic nitrogens is 3. The van der Waals surface area contributed by atoms with Crippen molar-refractivity contribution in [3.8, 4) is 5.75 Å². The highest BCUT2D eigenvalue weighted by Gasteiger charge is 2.36. The summed E-state index contributed by atoms with van der Waals surface area (Å²) in [5.74, 6) is -0.553. The first kappa shape index (κ1) is 24.1. The number of imidazole rings is 1. The Balaban J connectivity index is 1.49. The average molecular weight is 526 g/mol. The first-order chi connectivity index (χ1) is 17.2. The van der Waals surface area contributed by atoms with Gasteiger partial charge in [-0.25, -0.2) is 13.9 Å². The van der Waals surface area contributed by atoms with Crippen LogP contribution >= 0.6 is 23.2 Å². The second-order valence-corrected chi connectivity index (χ2v) is 9.64. The number of benzene rings is 2. The van der Waals surface area contributed by atoms with E-state index in [1.54, 1.807) is 16.8 Å². The van der Waals surface area contributed by atoms with Gasteiger partial charge in [0.15, 0.2) is 5.65 Å². The highest BCUT2D eigenvalue weighted by molar-refractivity contribution is 6.36. The summed E-state index contributed by atoms with van der Waals surface area (Å²) in [6.45, 7) is 6.28. The van der Waals surface area contributed by atoms with Crippen LogP contribution < -0.4 is 10.2 Å². The molecule has 2 atom stereocenters. The Kier molecular flexibility index (Phi) is 6.32.